The monoisotopic (exact) mass is 367 g/mol. The highest BCUT2D eigenvalue weighted by atomic mass is 35.5. The van der Waals surface area contributed by atoms with Crippen LogP contribution >= 0.6 is 24.0 Å². The number of benzene rings is 3. The highest BCUT2D eigenvalue weighted by molar-refractivity contribution is 6.31. The molecule has 0 aliphatic carbocycles. The van der Waals surface area contributed by atoms with Crippen LogP contribution in [0.25, 0.3) is 33.3 Å². The number of hydrogen-bond acceptors (Lipinski definition) is 2. The molecule has 0 fully saturated rings. The second-order valence-corrected chi connectivity index (χ2v) is 6.07. The second kappa shape index (κ2) is 7.14. The first-order valence-corrected chi connectivity index (χ1v) is 8.04. The van der Waals surface area contributed by atoms with Gasteiger partial charge in [-0.2, -0.15) is 0 Å². The van der Waals surface area contributed by atoms with Gasteiger partial charge in [0.25, 0.3) is 0 Å². The maximum absolute atomic E-state index is 9.50. The highest BCUT2D eigenvalue weighted by Gasteiger charge is 2.10. The van der Waals surface area contributed by atoms with Gasteiger partial charge in [0.1, 0.15) is 5.75 Å². The van der Waals surface area contributed by atoms with Gasteiger partial charge in [-0.05, 0) is 59.7 Å². The summed E-state index contributed by atoms with van der Waals surface area (Å²) >= 11 is 6.20. The Balaban J connectivity index is 0.00000182. The van der Waals surface area contributed by atoms with Crippen LogP contribution in [-0.2, 0) is 0 Å². The van der Waals surface area contributed by atoms with Crippen molar-refractivity contribution in [2.45, 2.75) is 0 Å². The first kappa shape index (κ1) is 17.3. The van der Waals surface area contributed by atoms with Crippen molar-refractivity contribution in [3.63, 3.8) is 0 Å². The van der Waals surface area contributed by atoms with Crippen LogP contribution in [0.15, 0.2) is 78.9 Å². The predicted octanol–water partition coefficient (Wildman–Crippen LogP) is 6.35. The van der Waals surface area contributed by atoms with E-state index in [9.17, 15) is 5.11 Å². The van der Waals surface area contributed by atoms with Crippen molar-refractivity contribution in [1.29, 1.82) is 0 Å². The van der Waals surface area contributed by atoms with Crippen LogP contribution in [-0.4, -0.2) is 10.1 Å². The quantitative estimate of drug-likeness (QED) is 0.447. The summed E-state index contributed by atoms with van der Waals surface area (Å²) in [4.78, 5) is 4.76. The summed E-state index contributed by atoms with van der Waals surface area (Å²) in [6, 6.07) is 25.1. The van der Waals surface area contributed by atoms with Crippen LogP contribution in [0.5, 0.6) is 5.75 Å². The lowest BCUT2D eigenvalue weighted by atomic mass is 9.98. The smallest absolute Gasteiger partial charge is 0.115 e. The minimum absolute atomic E-state index is 0. The first-order chi connectivity index (χ1) is 11.7. The van der Waals surface area contributed by atoms with E-state index < -0.39 is 0 Å². The average Bonchev–Trinajstić information content (AvgIpc) is 2.62. The number of nitrogens with zero attached hydrogens (tertiary/aromatic N) is 1. The molecule has 2 nitrogen and oxygen atoms in total. The number of halogens is 2. The molecule has 0 unspecified atom stereocenters. The van der Waals surface area contributed by atoms with Gasteiger partial charge in [-0.25, -0.2) is 4.98 Å². The van der Waals surface area contributed by atoms with Crippen molar-refractivity contribution >= 4 is 34.9 Å². The van der Waals surface area contributed by atoms with Gasteiger partial charge in [-0.3, -0.25) is 0 Å². The van der Waals surface area contributed by atoms with Gasteiger partial charge in [0.05, 0.1) is 11.2 Å². The molecule has 0 bridgehead atoms. The van der Waals surface area contributed by atoms with E-state index in [4.69, 9.17) is 16.6 Å². The minimum Gasteiger partial charge on any atom is -0.508 e. The molecule has 0 aliphatic rings. The summed E-state index contributed by atoms with van der Waals surface area (Å²) in [5.74, 6) is 0.245. The van der Waals surface area contributed by atoms with Gasteiger partial charge in [-0.15, -0.1) is 12.4 Å². The zero-order valence-corrected chi connectivity index (χ0v) is 14.8. The van der Waals surface area contributed by atoms with Crippen molar-refractivity contribution in [3.8, 4) is 28.1 Å². The van der Waals surface area contributed by atoms with Gasteiger partial charge in [-0.1, -0.05) is 41.9 Å². The SMILES string of the molecule is Cl.Oc1ccc(-c2cc(-c3ccccc3)c3cc(Cl)ccc3n2)cc1. The average molecular weight is 368 g/mol. The van der Waals surface area contributed by atoms with Crippen molar-refractivity contribution in [1.82, 2.24) is 4.98 Å². The number of rotatable bonds is 2. The molecule has 1 heterocycles. The van der Waals surface area contributed by atoms with Crippen LogP contribution < -0.4 is 0 Å². The summed E-state index contributed by atoms with van der Waals surface area (Å²) in [7, 11) is 0. The molecule has 0 atom stereocenters. The van der Waals surface area contributed by atoms with Crippen molar-refractivity contribution in [3.05, 3.63) is 83.9 Å². The normalized spacial score (nSPS) is 10.4. The molecule has 0 radical (unpaired) electrons. The maximum atomic E-state index is 9.50. The van der Waals surface area contributed by atoms with Gasteiger partial charge < -0.3 is 5.11 Å². The number of aromatic nitrogens is 1. The maximum Gasteiger partial charge on any atom is 0.115 e. The van der Waals surface area contributed by atoms with Crippen LogP contribution in [0.3, 0.4) is 0 Å². The molecule has 0 saturated heterocycles. The third kappa shape index (κ3) is 3.46. The van der Waals surface area contributed by atoms with E-state index in [1.54, 1.807) is 12.1 Å². The summed E-state index contributed by atoms with van der Waals surface area (Å²) in [6.07, 6.45) is 0. The lowest BCUT2D eigenvalue weighted by Gasteiger charge is -2.11. The predicted molar refractivity (Wildman–Crippen MR) is 107 cm³/mol. The van der Waals surface area contributed by atoms with Crippen molar-refractivity contribution in [2.75, 3.05) is 0 Å². The largest absolute Gasteiger partial charge is 0.508 e. The molecule has 25 heavy (non-hydrogen) atoms. The molecule has 0 aliphatic heterocycles. The van der Waals surface area contributed by atoms with E-state index in [1.807, 2.05) is 48.5 Å². The number of hydrogen-bond donors (Lipinski definition) is 1. The fourth-order valence-electron chi connectivity index (χ4n) is 2.83. The fraction of sp³-hybridized carbons (Fsp3) is 0. The van der Waals surface area contributed by atoms with E-state index in [1.165, 1.54) is 0 Å². The molecule has 0 amide bonds. The Hall–Kier alpha value is -2.55. The summed E-state index contributed by atoms with van der Waals surface area (Å²) in [6.45, 7) is 0. The molecule has 4 rings (SSSR count). The zero-order chi connectivity index (χ0) is 16.5. The van der Waals surface area contributed by atoms with E-state index in [0.29, 0.717) is 5.02 Å². The van der Waals surface area contributed by atoms with Gasteiger partial charge in [0.15, 0.2) is 0 Å². The number of phenols is 1. The number of phenolic OH excluding ortho intramolecular Hbond substituents is 1. The summed E-state index contributed by atoms with van der Waals surface area (Å²) in [5.41, 5.74) is 4.92. The number of fused-ring (bicyclic) bond motifs is 1. The number of pyridine rings is 1. The van der Waals surface area contributed by atoms with Crippen LogP contribution in [0.4, 0.5) is 0 Å². The molecule has 4 heteroatoms. The minimum atomic E-state index is 0. The Morgan fingerprint density at radius 2 is 1.48 bits per heavy atom. The molecule has 4 aromatic rings. The molecule has 0 spiro atoms. The Morgan fingerprint density at radius 3 is 2.20 bits per heavy atom. The lowest BCUT2D eigenvalue weighted by molar-refractivity contribution is 0.475. The third-order valence-corrected chi connectivity index (χ3v) is 4.25. The van der Waals surface area contributed by atoms with Gasteiger partial charge in [0.2, 0.25) is 0 Å². The van der Waals surface area contributed by atoms with Crippen LogP contribution in [0.1, 0.15) is 0 Å². The highest BCUT2D eigenvalue weighted by Crippen LogP contribution is 2.33. The van der Waals surface area contributed by atoms with Crippen LogP contribution in [0, 0.1) is 0 Å². The van der Waals surface area contributed by atoms with E-state index in [-0.39, 0.29) is 18.2 Å². The second-order valence-electron chi connectivity index (χ2n) is 5.63. The van der Waals surface area contributed by atoms with Gasteiger partial charge >= 0.3 is 0 Å². The zero-order valence-electron chi connectivity index (χ0n) is 13.2. The van der Waals surface area contributed by atoms with Crippen LogP contribution in [0.2, 0.25) is 5.02 Å². The lowest BCUT2D eigenvalue weighted by Crippen LogP contribution is -1.90. The summed E-state index contributed by atoms with van der Waals surface area (Å²) in [5, 5.41) is 11.2. The topological polar surface area (TPSA) is 33.1 Å². The number of aromatic hydroxyl groups is 1. The fourth-order valence-corrected chi connectivity index (χ4v) is 3.01. The molecule has 1 aromatic heterocycles. The Bertz CT molecular complexity index is 1020. The molecule has 1 N–H and O–H groups in total. The van der Waals surface area contributed by atoms with Crippen molar-refractivity contribution < 1.29 is 5.11 Å². The van der Waals surface area contributed by atoms with Crippen molar-refractivity contribution in [2.24, 2.45) is 0 Å². The third-order valence-electron chi connectivity index (χ3n) is 4.02. The molecule has 124 valence electrons. The Labute approximate surface area is 157 Å². The molecular formula is C21H15Cl2NO. The van der Waals surface area contributed by atoms with E-state index in [2.05, 4.69) is 18.2 Å². The standard InChI is InChI=1S/C21H14ClNO.ClH/c22-16-8-11-20-19(12-16)18(14-4-2-1-3-5-14)13-21(23-20)15-6-9-17(24)10-7-15;/h1-13,24H;1H. The van der Waals surface area contributed by atoms with E-state index >= 15 is 0 Å². The Kier molecular flexibility index (Phi) is 4.93. The van der Waals surface area contributed by atoms with E-state index in [0.717, 1.165) is 33.3 Å². The first-order valence-electron chi connectivity index (χ1n) is 7.66. The molecule has 0 saturated carbocycles. The molecule has 3 aromatic carbocycles. The van der Waals surface area contributed by atoms with Gasteiger partial charge in [0, 0.05) is 16.0 Å². The summed E-state index contributed by atoms with van der Waals surface area (Å²) < 4.78 is 0. The Morgan fingerprint density at radius 1 is 0.760 bits per heavy atom. The molecular weight excluding hydrogens is 353 g/mol.